The minimum absolute atomic E-state index is 0.0360. The monoisotopic (exact) mass is 392 g/mol. The Morgan fingerprint density at radius 1 is 1.28 bits per heavy atom. The Morgan fingerprint density at radius 3 is 2.66 bits per heavy atom. The molecule has 0 bridgehead atoms. The van der Waals surface area contributed by atoms with Crippen LogP contribution in [0.1, 0.15) is 29.6 Å². The molecule has 1 aromatic carbocycles. The third-order valence-electron chi connectivity index (χ3n) is 4.57. The van der Waals surface area contributed by atoms with Crippen LogP contribution in [-0.4, -0.2) is 48.5 Å². The lowest BCUT2D eigenvalue weighted by Gasteiger charge is -2.14. The van der Waals surface area contributed by atoms with E-state index in [-0.39, 0.29) is 36.0 Å². The summed E-state index contributed by atoms with van der Waals surface area (Å²) in [5.74, 6) is 5.92. The Bertz CT molecular complexity index is 1230. The largest absolute Gasteiger partial charge is 0.394 e. The number of nitrogens with two attached hydrogens (primary N) is 1. The van der Waals surface area contributed by atoms with Crippen molar-refractivity contribution in [2.75, 3.05) is 12.3 Å². The summed E-state index contributed by atoms with van der Waals surface area (Å²) in [7, 11) is 0. The molecule has 146 valence electrons. The molecular weight excluding hydrogens is 376 g/mol. The summed E-state index contributed by atoms with van der Waals surface area (Å²) in [6.45, 7) is -0.354. The zero-order valence-corrected chi connectivity index (χ0v) is 15.0. The van der Waals surface area contributed by atoms with Gasteiger partial charge in [-0.25, -0.2) is 4.98 Å². The van der Waals surface area contributed by atoms with Gasteiger partial charge in [-0.15, -0.1) is 0 Å². The van der Waals surface area contributed by atoms with E-state index in [2.05, 4.69) is 26.8 Å². The van der Waals surface area contributed by atoms with Crippen molar-refractivity contribution in [3.8, 4) is 17.9 Å². The number of aromatic amines is 1. The van der Waals surface area contributed by atoms with Crippen molar-refractivity contribution in [3.63, 3.8) is 0 Å². The summed E-state index contributed by atoms with van der Waals surface area (Å²) in [5, 5.41) is 28.3. The molecule has 3 atom stereocenters. The molecule has 0 amide bonds. The van der Waals surface area contributed by atoms with Crippen molar-refractivity contribution in [3.05, 3.63) is 51.6 Å². The molecule has 0 spiro atoms. The summed E-state index contributed by atoms with van der Waals surface area (Å²) in [6.07, 6.45) is -2.22. The number of anilines is 1. The first-order valence-electron chi connectivity index (χ1n) is 8.74. The van der Waals surface area contributed by atoms with E-state index in [9.17, 15) is 15.0 Å². The number of ether oxygens (including phenoxy) is 1. The zero-order valence-electron chi connectivity index (χ0n) is 15.0. The number of benzene rings is 1. The Balaban J connectivity index is 1.83. The van der Waals surface area contributed by atoms with E-state index in [1.807, 2.05) is 6.07 Å². The van der Waals surface area contributed by atoms with E-state index in [0.29, 0.717) is 11.1 Å². The van der Waals surface area contributed by atoms with Crippen molar-refractivity contribution in [2.45, 2.75) is 24.9 Å². The molecule has 3 aromatic rings. The predicted octanol–water partition coefficient (Wildman–Crippen LogP) is -0.386. The van der Waals surface area contributed by atoms with Gasteiger partial charge >= 0.3 is 0 Å². The van der Waals surface area contributed by atoms with E-state index < -0.39 is 24.0 Å². The molecule has 4 rings (SSSR count). The Kier molecular flexibility index (Phi) is 4.74. The normalized spacial score (nSPS) is 20.9. The van der Waals surface area contributed by atoms with Gasteiger partial charge in [0.2, 0.25) is 5.95 Å². The lowest BCUT2D eigenvalue weighted by molar-refractivity contribution is -0.0434. The van der Waals surface area contributed by atoms with Gasteiger partial charge in [-0.1, -0.05) is 5.92 Å². The number of nitrogen functional groups attached to an aromatic ring is 1. The number of hydrogen-bond acceptors (Lipinski definition) is 8. The molecule has 2 aromatic heterocycles. The lowest BCUT2D eigenvalue weighted by Crippen LogP contribution is -2.24. The maximum atomic E-state index is 12.2. The number of rotatable bonds is 2. The van der Waals surface area contributed by atoms with Crippen LogP contribution >= 0.6 is 0 Å². The van der Waals surface area contributed by atoms with Gasteiger partial charge in [0.1, 0.15) is 12.3 Å². The van der Waals surface area contributed by atoms with Crippen molar-refractivity contribution in [1.29, 1.82) is 5.26 Å². The first-order chi connectivity index (χ1) is 14.0. The van der Waals surface area contributed by atoms with E-state index >= 15 is 0 Å². The number of aromatic nitrogens is 4. The number of nitrogens with one attached hydrogen (secondary N) is 1. The molecule has 0 unspecified atom stereocenters. The number of H-pyrrole nitrogens is 1. The summed E-state index contributed by atoms with van der Waals surface area (Å²) >= 11 is 0. The van der Waals surface area contributed by atoms with Crippen LogP contribution < -0.4 is 11.3 Å². The molecule has 0 aliphatic carbocycles. The third kappa shape index (κ3) is 3.44. The number of aliphatic hydroxyl groups excluding tert-OH is 2. The molecule has 1 aliphatic heterocycles. The highest BCUT2D eigenvalue weighted by Crippen LogP contribution is 2.31. The maximum Gasteiger partial charge on any atom is 0.280 e. The number of nitrogens with zero attached hydrogens (tertiary/aromatic N) is 4. The SMILES string of the molecule is N#Cc1ccc(C#Cc2nc3c(=O)[nH]c(N)nc3n2[C@H]2C[C@H](O)[C@@H](CO)O2)cc1. The number of nitriles is 1. The highest BCUT2D eigenvalue weighted by molar-refractivity contribution is 5.72. The summed E-state index contributed by atoms with van der Waals surface area (Å²) < 4.78 is 7.20. The lowest BCUT2D eigenvalue weighted by atomic mass is 10.1. The zero-order chi connectivity index (χ0) is 20.5. The second-order valence-electron chi connectivity index (χ2n) is 6.48. The van der Waals surface area contributed by atoms with Crippen LogP contribution in [0.5, 0.6) is 0 Å². The van der Waals surface area contributed by atoms with Crippen LogP contribution in [0, 0.1) is 23.2 Å². The van der Waals surface area contributed by atoms with Crippen LogP contribution in [0.2, 0.25) is 0 Å². The average Bonchev–Trinajstić information content (AvgIpc) is 3.26. The number of aliphatic hydroxyl groups is 2. The minimum Gasteiger partial charge on any atom is -0.394 e. The first-order valence-corrected chi connectivity index (χ1v) is 8.74. The van der Waals surface area contributed by atoms with Gasteiger partial charge in [0.05, 0.1) is 24.3 Å². The summed E-state index contributed by atoms with van der Waals surface area (Å²) in [5.41, 5.74) is 6.51. The molecular formula is C19H16N6O4. The maximum absolute atomic E-state index is 12.2. The highest BCUT2D eigenvalue weighted by atomic mass is 16.5. The molecule has 5 N–H and O–H groups in total. The van der Waals surface area contributed by atoms with E-state index in [4.69, 9.17) is 15.7 Å². The van der Waals surface area contributed by atoms with Crippen molar-refractivity contribution >= 4 is 17.1 Å². The highest BCUT2D eigenvalue weighted by Gasteiger charge is 2.36. The van der Waals surface area contributed by atoms with Crippen molar-refractivity contribution < 1.29 is 14.9 Å². The van der Waals surface area contributed by atoms with Crippen LogP contribution in [0.4, 0.5) is 5.95 Å². The third-order valence-corrected chi connectivity index (χ3v) is 4.57. The summed E-state index contributed by atoms with van der Waals surface area (Å²) in [4.78, 5) is 23.1. The smallest absolute Gasteiger partial charge is 0.280 e. The molecule has 1 aliphatic rings. The molecule has 29 heavy (non-hydrogen) atoms. The molecule has 3 heterocycles. The Morgan fingerprint density at radius 2 is 2.00 bits per heavy atom. The van der Waals surface area contributed by atoms with E-state index in [1.165, 1.54) is 4.57 Å². The molecule has 0 radical (unpaired) electrons. The first kappa shape index (κ1) is 18.7. The topological polar surface area (TPSA) is 163 Å². The Hall–Kier alpha value is -3.70. The average molecular weight is 392 g/mol. The van der Waals surface area contributed by atoms with Crippen molar-refractivity contribution in [1.82, 2.24) is 19.5 Å². The van der Waals surface area contributed by atoms with Gasteiger partial charge in [-0.05, 0) is 30.2 Å². The number of fused-ring (bicyclic) bond motifs is 1. The van der Waals surface area contributed by atoms with Crippen LogP contribution in [0.25, 0.3) is 11.2 Å². The van der Waals surface area contributed by atoms with E-state index in [1.54, 1.807) is 24.3 Å². The number of imidazole rings is 1. The van der Waals surface area contributed by atoms with Gasteiger partial charge in [0.15, 0.2) is 17.0 Å². The van der Waals surface area contributed by atoms with Gasteiger partial charge in [0.25, 0.3) is 5.56 Å². The van der Waals surface area contributed by atoms with E-state index in [0.717, 1.165) is 0 Å². The second kappa shape index (κ2) is 7.37. The van der Waals surface area contributed by atoms with Gasteiger partial charge in [0, 0.05) is 12.0 Å². The van der Waals surface area contributed by atoms with Gasteiger partial charge in [-0.3, -0.25) is 14.3 Å². The molecule has 1 saturated heterocycles. The van der Waals surface area contributed by atoms with Crippen LogP contribution in [0.3, 0.4) is 0 Å². The summed E-state index contributed by atoms with van der Waals surface area (Å²) in [6, 6.07) is 8.70. The minimum atomic E-state index is -0.888. The Labute approximate surface area is 164 Å². The fourth-order valence-electron chi connectivity index (χ4n) is 3.16. The molecule has 1 fully saturated rings. The van der Waals surface area contributed by atoms with Crippen LogP contribution in [0.15, 0.2) is 29.1 Å². The molecule has 0 saturated carbocycles. The van der Waals surface area contributed by atoms with Crippen molar-refractivity contribution in [2.24, 2.45) is 0 Å². The fourth-order valence-corrected chi connectivity index (χ4v) is 3.16. The van der Waals surface area contributed by atoms with Crippen LogP contribution in [-0.2, 0) is 4.74 Å². The fraction of sp³-hybridized carbons (Fsp3) is 0.263. The standard InChI is InChI=1S/C19H16N6O4/c20-8-11-3-1-10(2-4-11)5-6-14-22-16-17(23-19(21)24-18(16)28)25(14)15-7-12(27)13(9-26)29-15/h1-4,12-13,15,26-27H,7,9H2,(H3,21,23,24,28)/t12-,13+,15+/m0/s1. The molecule has 10 heteroatoms. The quantitative estimate of drug-likeness (QED) is 0.429. The molecule has 10 nitrogen and oxygen atoms in total. The number of hydrogen-bond donors (Lipinski definition) is 4. The van der Waals surface area contributed by atoms with Gasteiger partial charge in [-0.2, -0.15) is 10.2 Å². The second-order valence-corrected chi connectivity index (χ2v) is 6.48. The predicted molar refractivity (Wildman–Crippen MR) is 101 cm³/mol. The van der Waals surface area contributed by atoms with Gasteiger partial charge < -0.3 is 20.7 Å².